The van der Waals surface area contributed by atoms with E-state index in [1.165, 1.54) is 22.7 Å². The quantitative estimate of drug-likeness (QED) is 0.216. The summed E-state index contributed by atoms with van der Waals surface area (Å²) >= 11 is 2.35. The normalized spacial score (nSPS) is 11.2. The minimum absolute atomic E-state index is 0.0130. The SMILES string of the molecule is O=c1sc2cc(OCC(O)COc3ccc4cc(-c5ccccc5)c(=O)sc4c3)ccc2cc1-c1ccccc1. The van der Waals surface area contributed by atoms with Crippen molar-refractivity contribution in [2.75, 3.05) is 13.2 Å². The second kappa shape index (κ2) is 11.4. The van der Waals surface area contributed by atoms with Gasteiger partial charge in [0.2, 0.25) is 9.48 Å². The van der Waals surface area contributed by atoms with Crippen LogP contribution in [-0.2, 0) is 0 Å². The van der Waals surface area contributed by atoms with Gasteiger partial charge in [-0.1, -0.05) is 83.3 Å². The number of hydrogen-bond donors (Lipinski definition) is 1. The minimum atomic E-state index is -0.871. The van der Waals surface area contributed by atoms with Gasteiger partial charge in [0.25, 0.3) is 0 Å². The van der Waals surface area contributed by atoms with Gasteiger partial charge in [0, 0.05) is 20.5 Å². The zero-order valence-electron chi connectivity index (χ0n) is 21.3. The summed E-state index contributed by atoms with van der Waals surface area (Å²) in [5.74, 6) is 1.14. The Balaban J connectivity index is 1.09. The van der Waals surface area contributed by atoms with Crippen LogP contribution in [0.2, 0.25) is 0 Å². The standard InChI is InChI=1S/C33H24O5S2/c34-25(19-37-26-13-11-23-15-28(21-7-3-1-4-8-21)32(35)39-30(23)17-26)20-38-27-14-12-24-16-29(22-9-5-2-6-10-22)33(36)40-31(24)18-27/h1-18,25,34H,19-20H2. The fourth-order valence-corrected chi connectivity index (χ4v) is 6.25. The molecule has 0 radical (unpaired) electrons. The van der Waals surface area contributed by atoms with Crippen molar-refractivity contribution in [1.29, 1.82) is 0 Å². The summed E-state index contributed by atoms with van der Waals surface area (Å²) in [6, 6.07) is 34.2. The first-order chi connectivity index (χ1) is 19.5. The highest BCUT2D eigenvalue weighted by molar-refractivity contribution is 7.16. The number of rotatable bonds is 8. The Bertz CT molecular complexity index is 1770. The average Bonchev–Trinajstić information content (AvgIpc) is 2.99. The molecule has 0 fully saturated rings. The summed E-state index contributed by atoms with van der Waals surface area (Å²) in [6.07, 6.45) is -0.871. The molecule has 2 aromatic heterocycles. The third-order valence-corrected chi connectivity index (χ3v) is 8.43. The van der Waals surface area contributed by atoms with E-state index in [4.69, 9.17) is 9.47 Å². The summed E-state index contributed by atoms with van der Waals surface area (Å²) < 4.78 is 13.2. The van der Waals surface area contributed by atoms with Gasteiger partial charge in [-0.05, 0) is 70.4 Å². The Morgan fingerprint density at radius 3 is 1.43 bits per heavy atom. The first-order valence-electron chi connectivity index (χ1n) is 12.7. The molecule has 0 aliphatic carbocycles. The van der Waals surface area contributed by atoms with Crippen LogP contribution < -0.4 is 19.0 Å². The minimum Gasteiger partial charge on any atom is -0.491 e. The second-order valence-corrected chi connectivity index (χ2v) is 11.3. The molecule has 1 N–H and O–H groups in total. The molecule has 5 nitrogen and oxygen atoms in total. The van der Waals surface area contributed by atoms with Crippen LogP contribution in [0.1, 0.15) is 0 Å². The van der Waals surface area contributed by atoms with Gasteiger partial charge in [0.05, 0.1) is 0 Å². The van der Waals surface area contributed by atoms with Crippen molar-refractivity contribution in [2.45, 2.75) is 6.10 Å². The maximum absolute atomic E-state index is 12.7. The van der Waals surface area contributed by atoms with Crippen molar-refractivity contribution in [2.24, 2.45) is 0 Å². The van der Waals surface area contributed by atoms with E-state index in [0.29, 0.717) is 22.6 Å². The summed E-state index contributed by atoms with van der Waals surface area (Å²) in [7, 11) is 0. The monoisotopic (exact) mass is 564 g/mol. The Morgan fingerprint density at radius 2 is 1.00 bits per heavy atom. The van der Waals surface area contributed by atoms with Crippen molar-refractivity contribution < 1.29 is 14.6 Å². The van der Waals surface area contributed by atoms with E-state index in [1.54, 1.807) is 0 Å². The lowest BCUT2D eigenvalue weighted by Crippen LogP contribution is -2.25. The van der Waals surface area contributed by atoms with E-state index in [1.807, 2.05) is 109 Å². The van der Waals surface area contributed by atoms with E-state index in [9.17, 15) is 14.7 Å². The molecule has 0 spiro atoms. The molecule has 0 aliphatic rings. The summed E-state index contributed by atoms with van der Waals surface area (Å²) in [4.78, 5) is 25.4. The Labute approximate surface area is 238 Å². The predicted octanol–water partition coefficient (Wildman–Crippen LogP) is 6.99. The van der Waals surface area contributed by atoms with Gasteiger partial charge in [-0.3, -0.25) is 9.59 Å². The molecule has 198 valence electrons. The van der Waals surface area contributed by atoms with Crippen LogP contribution in [0.25, 0.3) is 42.4 Å². The molecule has 0 saturated heterocycles. The van der Waals surface area contributed by atoms with E-state index in [-0.39, 0.29) is 22.7 Å². The molecule has 40 heavy (non-hydrogen) atoms. The number of hydrogen-bond acceptors (Lipinski definition) is 7. The maximum Gasteiger partial charge on any atom is 0.240 e. The van der Waals surface area contributed by atoms with Crippen molar-refractivity contribution in [1.82, 2.24) is 0 Å². The fraction of sp³-hybridized carbons (Fsp3) is 0.0909. The molecule has 6 rings (SSSR count). The Hall–Kier alpha value is -4.30. The van der Waals surface area contributed by atoms with E-state index in [0.717, 1.165) is 31.3 Å². The van der Waals surface area contributed by atoms with Gasteiger partial charge in [-0.15, -0.1) is 0 Å². The van der Waals surface area contributed by atoms with Crippen LogP contribution in [0.4, 0.5) is 0 Å². The third kappa shape index (κ3) is 5.67. The molecule has 0 amide bonds. The van der Waals surface area contributed by atoms with Crippen molar-refractivity contribution >= 4 is 42.8 Å². The molecule has 4 aromatic carbocycles. The average molecular weight is 565 g/mol. The van der Waals surface area contributed by atoms with Crippen LogP contribution in [0.5, 0.6) is 11.5 Å². The van der Waals surface area contributed by atoms with Gasteiger partial charge in [-0.25, -0.2) is 0 Å². The van der Waals surface area contributed by atoms with E-state index < -0.39 is 6.10 Å². The smallest absolute Gasteiger partial charge is 0.240 e. The molecule has 7 heteroatoms. The molecular formula is C33H24O5S2. The summed E-state index contributed by atoms with van der Waals surface area (Å²) in [6.45, 7) is 0.0632. The molecule has 0 saturated carbocycles. The molecular weight excluding hydrogens is 540 g/mol. The fourth-order valence-electron chi connectivity index (χ4n) is 4.43. The summed E-state index contributed by atoms with van der Waals surface area (Å²) in [5.41, 5.74) is 3.15. The number of aliphatic hydroxyl groups is 1. The van der Waals surface area contributed by atoms with Crippen LogP contribution in [-0.4, -0.2) is 24.4 Å². The van der Waals surface area contributed by atoms with Crippen LogP contribution in [0.15, 0.2) is 119 Å². The number of fused-ring (bicyclic) bond motifs is 2. The number of benzene rings is 4. The maximum atomic E-state index is 12.7. The first-order valence-corrected chi connectivity index (χ1v) is 14.4. The van der Waals surface area contributed by atoms with Gasteiger partial charge >= 0.3 is 0 Å². The number of aliphatic hydroxyl groups excluding tert-OH is 1. The molecule has 0 bridgehead atoms. The Morgan fingerprint density at radius 1 is 0.575 bits per heavy atom. The Kier molecular flexibility index (Phi) is 7.42. The highest BCUT2D eigenvalue weighted by atomic mass is 32.1. The lowest BCUT2D eigenvalue weighted by molar-refractivity contribution is 0.0627. The predicted molar refractivity (Wildman–Crippen MR) is 164 cm³/mol. The molecule has 0 atom stereocenters. The first kappa shape index (κ1) is 26.0. The van der Waals surface area contributed by atoms with Gasteiger partial charge in [0.15, 0.2) is 0 Å². The number of ether oxygens (including phenoxy) is 2. The third-order valence-electron chi connectivity index (χ3n) is 6.47. The zero-order chi connectivity index (χ0) is 27.5. The van der Waals surface area contributed by atoms with Crippen molar-refractivity contribution in [3.63, 3.8) is 0 Å². The lowest BCUT2D eigenvalue weighted by atomic mass is 10.1. The van der Waals surface area contributed by atoms with Crippen molar-refractivity contribution in [3.05, 3.63) is 128 Å². The van der Waals surface area contributed by atoms with Crippen LogP contribution in [0, 0.1) is 0 Å². The van der Waals surface area contributed by atoms with Crippen molar-refractivity contribution in [3.8, 4) is 33.8 Å². The molecule has 2 heterocycles. The van der Waals surface area contributed by atoms with Gasteiger partial charge in [0.1, 0.15) is 30.8 Å². The van der Waals surface area contributed by atoms with Gasteiger partial charge in [-0.2, -0.15) is 0 Å². The molecule has 0 aliphatic heterocycles. The lowest BCUT2D eigenvalue weighted by Gasteiger charge is -2.14. The largest absolute Gasteiger partial charge is 0.491 e. The highest BCUT2D eigenvalue weighted by Gasteiger charge is 2.11. The molecule has 0 unspecified atom stereocenters. The van der Waals surface area contributed by atoms with Gasteiger partial charge < -0.3 is 14.6 Å². The highest BCUT2D eigenvalue weighted by Crippen LogP contribution is 2.28. The second-order valence-electron chi connectivity index (χ2n) is 9.30. The zero-order valence-corrected chi connectivity index (χ0v) is 22.9. The molecule has 6 aromatic rings. The van der Waals surface area contributed by atoms with Crippen LogP contribution >= 0.6 is 22.7 Å². The summed E-state index contributed by atoms with van der Waals surface area (Å²) in [5, 5.41) is 12.4. The van der Waals surface area contributed by atoms with E-state index >= 15 is 0 Å². The topological polar surface area (TPSA) is 72.8 Å². The van der Waals surface area contributed by atoms with E-state index in [2.05, 4.69) is 0 Å². The van der Waals surface area contributed by atoms with Crippen LogP contribution in [0.3, 0.4) is 0 Å².